The van der Waals surface area contributed by atoms with Crippen molar-refractivity contribution in [3.63, 3.8) is 0 Å². The number of sulfone groups is 1. The van der Waals surface area contributed by atoms with Gasteiger partial charge in [-0.25, -0.2) is 8.42 Å². The van der Waals surface area contributed by atoms with E-state index in [1.165, 1.54) is 11.9 Å². The molecule has 1 saturated heterocycles. The number of rotatable bonds is 10. The average Bonchev–Trinajstić information content (AvgIpc) is 2.72. The zero-order valence-electron chi connectivity index (χ0n) is 18.0. The van der Waals surface area contributed by atoms with Gasteiger partial charge in [-0.2, -0.15) is 0 Å². The number of para-hydroxylation sites is 1. The van der Waals surface area contributed by atoms with Crippen LogP contribution in [0.4, 0.5) is 5.69 Å². The highest BCUT2D eigenvalue weighted by Crippen LogP contribution is 2.29. The average molecular weight is 425 g/mol. The van der Waals surface area contributed by atoms with Crippen molar-refractivity contribution in [1.82, 2.24) is 10.6 Å². The van der Waals surface area contributed by atoms with Gasteiger partial charge in [0.15, 0.2) is 15.8 Å². The Morgan fingerprint density at radius 2 is 1.86 bits per heavy atom. The predicted octanol–water partition coefficient (Wildman–Crippen LogP) is 2.05. The summed E-state index contributed by atoms with van der Waals surface area (Å²) in [6.45, 7) is 8.76. The molecule has 1 aromatic carbocycles. The molecule has 0 aliphatic carbocycles. The normalized spacial score (nSPS) is 17.0. The van der Waals surface area contributed by atoms with E-state index in [4.69, 9.17) is 4.74 Å². The van der Waals surface area contributed by atoms with Crippen molar-refractivity contribution in [3.8, 4) is 0 Å². The molecule has 0 aromatic heterocycles. The van der Waals surface area contributed by atoms with Crippen molar-refractivity contribution in [2.45, 2.75) is 37.9 Å². The van der Waals surface area contributed by atoms with Crippen LogP contribution >= 0.6 is 0 Å². The second-order valence-corrected chi connectivity index (χ2v) is 9.87. The maximum Gasteiger partial charge on any atom is 0.191 e. The van der Waals surface area contributed by atoms with Crippen LogP contribution in [-0.4, -0.2) is 71.3 Å². The first-order valence-corrected chi connectivity index (χ1v) is 12.4. The maximum atomic E-state index is 12.4. The Hall–Kier alpha value is -1.80. The van der Waals surface area contributed by atoms with Gasteiger partial charge in [0.25, 0.3) is 0 Å². The third-order valence-corrected chi connectivity index (χ3v) is 7.57. The van der Waals surface area contributed by atoms with E-state index >= 15 is 0 Å². The van der Waals surface area contributed by atoms with E-state index in [-0.39, 0.29) is 6.54 Å². The number of benzene rings is 1. The molecular formula is C21H36N4O3S. The summed E-state index contributed by atoms with van der Waals surface area (Å²) in [5.74, 6) is 0.671. The molecule has 0 amide bonds. The maximum absolute atomic E-state index is 12.4. The van der Waals surface area contributed by atoms with Crippen LogP contribution in [0, 0.1) is 0 Å². The number of nitrogens with zero attached hydrogens (tertiary/aromatic N) is 2. The summed E-state index contributed by atoms with van der Waals surface area (Å²) in [5, 5.41) is 6.57. The molecule has 0 unspecified atom stereocenters. The number of guanidine groups is 1. The Bertz CT molecular complexity index is 732. The molecular weight excluding hydrogens is 388 g/mol. The number of hydrogen-bond donors (Lipinski definition) is 2. The van der Waals surface area contributed by atoms with Gasteiger partial charge in [0.2, 0.25) is 0 Å². The molecule has 7 nitrogen and oxygen atoms in total. The molecule has 164 valence electrons. The lowest BCUT2D eigenvalue weighted by molar-refractivity contribution is 0.0768. The van der Waals surface area contributed by atoms with Crippen molar-refractivity contribution in [2.24, 2.45) is 4.99 Å². The molecule has 29 heavy (non-hydrogen) atoms. The third kappa shape index (κ3) is 6.89. The van der Waals surface area contributed by atoms with E-state index in [9.17, 15) is 8.42 Å². The van der Waals surface area contributed by atoms with Crippen molar-refractivity contribution in [3.05, 3.63) is 30.3 Å². The molecule has 0 spiro atoms. The van der Waals surface area contributed by atoms with Gasteiger partial charge in [-0.1, -0.05) is 18.2 Å². The quantitative estimate of drug-likeness (QED) is 0.340. The van der Waals surface area contributed by atoms with Crippen LogP contribution in [0.3, 0.4) is 0 Å². The van der Waals surface area contributed by atoms with Crippen LogP contribution in [0.5, 0.6) is 0 Å². The Kier molecular flexibility index (Phi) is 9.23. The first-order valence-electron chi connectivity index (χ1n) is 10.5. The van der Waals surface area contributed by atoms with E-state index in [1.807, 2.05) is 13.0 Å². The first-order chi connectivity index (χ1) is 13.9. The Morgan fingerprint density at radius 3 is 2.45 bits per heavy atom. The highest BCUT2D eigenvalue weighted by molar-refractivity contribution is 7.92. The van der Waals surface area contributed by atoms with Gasteiger partial charge in [0, 0.05) is 51.3 Å². The minimum absolute atomic E-state index is 0.260. The second-order valence-electron chi connectivity index (χ2n) is 7.46. The Balaban J connectivity index is 1.91. The minimum Gasteiger partial charge on any atom is -0.381 e. The van der Waals surface area contributed by atoms with E-state index < -0.39 is 14.6 Å². The first kappa shape index (κ1) is 23.5. The Labute approximate surface area is 175 Å². The molecule has 1 fully saturated rings. The van der Waals surface area contributed by atoms with Crippen LogP contribution in [0.1, 0.15) is 33.1 Å². The molecule has 1 aliphatic rings. The lowest BCUT2D eigenvalue weighted by Gasteiger charge is -2.34. The van der Waals surface area contributed by atoms with Gasteiger partial charge >= 0.3 is 0 Å². The SMILES string of the molecule is CCNC(=NCC1(S(C)(=O)=O)CCOCC1)NCCCN(CC)c1ccccc1. The molecule has 0 bridgehead atoms. The molecule has 1 heterocycles. The summed E-state index contributed by atoms with van der Waals surface area (Å²) in [6.07, 6.45) is 3.27. The van der Waals surface area contributed by atoms with Crippen LogP contribution in [-0.2, 0) is 14.6 Å². The number of anilines is 1. The topological polar surface area (TPSA) is 83.0 Å². The Morgan fingerprint density at radius 1 is 1.17 bits per heavy atom. The van der Waals surface area contributed by atoms with Crippen LogP contribution in [0.15, 0.2) is 35.3 Å². The lowest BCUT2D eigenvalue weighted by atomic mass is 9.99. The van der Waals surface area contributed by atoms with Crippen molar-refractivity contribution < 1.29 is 13.2 Å². The summed E-state index contributed by atoms with van der Waals surface area (Å²) in [4.78, 5) is 6.96. The van der Waals surface area contributed by atoms with E-state index in [2.05, 4.69) is 51.7 Å². The number of nitrogens with one attached hydrogen (secondary N) is 2. The van der Waals surface area contributed by atoms with Gasteiger partial charge in [-0.3, -0.25) is 4.99 Å². The van der Waals surface area contributed by atoms with Gasteiger partial charge in [0.05, 0.1) is 11.3 Å². The molecule has 1 aliphatic heterocycles. The fraction of sp³-hybridized carbons (Fsp3) is 0.667. The third-order valence-electron chi connectivity index (χ3n) is 5.46. The number of hydrogen-bond acceptors (Lipinski definition) is 5. The van der Waals surface area contributed by atoms with Crippen LogP contribution in [0.2, 0.25) is 0 Å². The molecule has 0 radical (unpaired) electrons. The largest absolute Gasteiger partial charge is 0.381 e. The van der Waals surface area contributed by atoms with Crippen molar-refractivity contribution >= 4 is 21.5 Å². The van der Waals surface area contributed by atoms with E-state index in [1.54, 1.807) is 0 Å². The van der Waals surface area contributed by atoms with Crippen molar-refractivity contribution in [2.75, 3.05) is 57.1 Å². The molecule has 0 saturated carbocycles. The number of ether oxygens (including phenoxy) is 1. The molecule has 1 aromatic rings. The monoisotopic (exact) mass is 424 g/mol. The highest BCUT2D eigenvalue weighted by Gasteiger charge is 2.42. The molecule has 2 N–H and O–H groups in total. The lowest BCUT2D eigenvalue weighted by Crippen LogP contribution is -2.47. The summed E-state index contributed by atoms with van der Waals surface area (Å²) < 4.78 is 29.4. The predicted molar refractivity (Wildman–Crippen MR) is 121 cm³/mol. The van der Waals surface area contributed by atoms with E-state index in [0.717, 1.165) is 32.6 Å². The van der Waals surface area contributed by atoms with Gasteiger partial charge in [-0.05, 0) is 45.2 Å². The fourth-order valence-corrected chi connectivity index (χ4v) is 4.75. The summed E-state index contributed by atoms with van der Waals surface area (Å²) in [6, 6.07) is 10.4. The van der Waals surface area contributed by atoms with Gasteiger partial charge in [0.1, 0.15) is 0 Å². The zero-order chi connectivity index (χ0) is 21.2. The van der Waals surface area contributed by atoms with E-state index in [0.29, 0.717) is 32.0 Å². The smallest absolute Gasteiger partial charge is 0.191 e. The summed E-state index contributed by atoms with van der Waals surface area (Å²) in [7, 11) is -3.22. The minimum atomic E-state index is -3.22. The zero-order valence-corrected chi connectivity index (χ0v) is 18.8. The summed E-state index contributed by atoms with van der Waals surface area (Å²) in [5.41, 5.74) is 1.23. The van der Waals surface area contributed by atoms with Gasteiger partial charge < -0.3 is 20.3 Å². The van der Waals surface area contributed by atoms with Crippen molar-refractivity contribution in [1.29, 1.82) is 0 Å². The molecule has 8 heteroatoms. The summed E-state index contributed by atoms with van der Waals surface area (Å²) >= 11 is 0. The van der Waals surface area contributed by atoms with Crippen LogP contribution < -0.4 is 15.5 Å². The highest BCUT2D eigenvalue weighted by atomic mass is 32.2. The fourth-order valence-electron chi connectivity index (χ4n) is 3.54. The second kappa shape index (κ2) is 11.4. The molecule has 0 atom stereocenters. The van der Waals surface area contributed by atoms with Crippen LogP contribution in [0.25, 0.3) is 0 Å². The van der Waals surface area contributed by atoms with Gasteiger partial charge in [-0.15, -0.1) is 0 Å². The standard InChI is InChI=1S/C21H36N4O3S/c1-4-22-20(24-18-21(29(3,26)27)12-16-28-17-13-21)23-14-9-15-25(5-2)19-10-7-6-8-11-19/h6-8,10-11H,4-5,9,12-18H2,1-3H3,(H2,22,23,24). The number of aliphatic imine (C=N–C) groups is 1. The molecule has 2 rings (SSSR count).